The van der Waals surface area contributed by atoms with Crippen molar-refractivity contribution in [3.8, 4) is 0 Å². The number of carboxylic acid groups (broad SMARTS) is 1. The zero-order valence-corrected chi connectivity index (χ0v) is 13.3. The Morgan fingerprint density at radius 1 is 1.18 bits per heavy atom. The summed E-state index contributed by atoms with van der Waals surface area (Å²) in [5, 5.41) is 9.31. The van der Waals surface area contributed by atoms with Gasteiger partial charge in [0.1, 0.15) is 22.0 Å². The number of aromatic carboxylic acids is 1. The summed E-state index contributed by atoms with van der Waals surface area (Å²) < 4.78 is 32.3. The van der Waals surface area contributed by atoms with Crippen LogP contribution in [0.2, 0.25) is 0 Å². The molecule has 6 nitrogen and oxygen atoms in total. The molecule has 0 amide bonds. The van der Waals surface area contributed by atoms with Crippen LogP contribution in [-0.4, -0.2) is 26.0 Å². The highest BCUT2D eigenvalue weighted by Crippen LogP contribution is 2.31. The third kappa shape index (κ3) is 2.59. The molecule has 1 aromatic carbocycles. The van der Waals surface area contributed by atoms with Gasteiger partial charge >= 0.3 is 5.97 Å². The fourth-order valence-electron chi connectivity index (χ4n) is 2.42. The fourth-order valence-corrected chi connectivity index (χ4v) is 4.27. The number of aryl methyl sites for hydroxylation is 2. The van der Waals surface area contributed by atoms with Crippen LogP contribution in [0.3, 0.4) is 0 Å². The lowest BCUT2D eigenvalue weighted by molar-refractivity contribution is 0.0691. The predicted molar refractivity (Wildman–Crippen MR) is 81.8 cm³/mol. The van der Waals surface area contributed by atoms with Crippen LogP contribution in [0.25, 0.3) is 0 Å². The van der Waals surface area contributed by atoms with Crippen molar-refractivity contribution >= 4 is 21.7 Å². The van der Waals surface area contributed by atoms with Gasteiger partial charge in [0.05, 0.1) is 5.69 Å². The van der Waals surface area contributed by atoms with Crippen molar-refractivity contribution in [3.63, 3.8) is 0 Å². The number of carbonyl (C=O) groups is 1. The number of benzene rings is 1. The largest absolute Gasteiger partial charge is 0.478 e. The second-order valence-corrected chi connectivity index (χ2v) is 6.53. The number of para-hydroxylation sites is 1. The van der Waals surface area contributed by atoms with Crippen LogP contribution >= 0.6 is 0 Å². The first-order valence-electron chi connectivity index (χ1n) is 6.71. The van der Waals surface area contributed by atoms with Crippen molar-refractivity contribution in [1.29, 1.82) is 0 Å². The fraction of sp³-hybridized carbons (Fsp3) is 0.267. The van der Waals surface area contributed by atoms with Crippen LogP contribution in [0.1, 0.15) is 28.8 Å². The molecule has 0 aliphatic heterocycles. The molecule has 22 heavy (non-hydrogen) atoms. The summed E-state index contributed by atoms with van der Waals surface area (Å²) in [5.74, 6) is -1.17. The molecule has 1 N–H and O–H groups in total. The Labute approximate surface area is 129 Å². The van der Waals surface area contributed by atoms with Gasteiger partial charge in [-0.25, -0.2) is 13.2 Å². The van der Waals surface area contributed by atoms with Gasteiger partial charge in [-0.15, -0.1) is 0 Å². The lowest BCUT2D eigenvalue weighted by Crippen LogP contribution is -2.32. The summed E-state index contributed by atoms with van der Waals surface area (Å²) in [6.07, 6.45) is 0. The Hall–Kier alpha value is -2.28. The molecule has 0 fully saturated rings. The van der Waals surface area contributed by atoms with Gasteiger partial charge in [0, 0.05) is 6.54 Å². The Morgan fingerprint density at radius 3 is 2.27 bits per heavy atom. The van der Waals surface area contributed by atoms with Crippen LogP contribution in [0.5, 0.6) is 0 Å². The SMILES string of the molecule is CCN(c1ccccc1)S(=O)(=O)c1c(C)oc(C)c1C(=O)O. The second-order valence-electron chi connectivity index (χ2n) is 4.73. The minimum atomic E-state index is -4.03. The average Bonchev–Trinajstić information content (AvgIpc) is 2.76. The lowest BCUT2D eigenvalue weighted by atomic mass is 10.2. The van der Waals surface area contributed by atoms with Crippen molar-refractivity contribution in [2.45, 2.75) is 25.7 Å². The zero-order valence-electron chi connectivity index (χ0n) is 12.5. The summed E-state index contributed by atoms with van der Waals surface area (Å²) in [6, 6.07) is 8.53. The molecular weight excluding hydrogens is 306 g/mol. The first-order chi connectivity index (χ1) is 10.3. The summed E-state index contributed by atoms with van der Waals surface area (Å²) in [6.45, 7) is 4.75. The van der Waals surface area contributed by atoms with E-state index in [0.717, 1.165) is 4.31 Å². The molecular formula is C15H17NO5S. The molecule has 2 aromatic rings. The van der Waals surface area contributed by atoms with Gasteiger partial charge in [-0.2, -0.15) is 0 Å². The second kappa shape index (κ2) is 5.84. The Morgan fingerprint density at radius 2 is 1.77 bits per heavy atom. The van der Waals surface area contributed by atoms with Gasteiger partial charge in [-0.3, -0.25) is 4.31 Å². The van der Waals surface area contributed by atoms with Gasteiger partial charge in [0.2, 0.25) is 0 Å². The molecule has 0 unspecified atom stereocenters. The highest BCUT2D eigenvalue weighted by Gasteiger charge is 2.34. The van der Waals surface area contributed by atoms with Gasteiger partial charge in [-0.1, -0.05) is 18.2 Å². The minimum Gasteiger partial charge on any atom is -0.478 e. The molecule has 0 aliphatic rings. The van der Waals surface area contributed by atoms with E-state index < -0.39 is 16.0 Å². The number of anilines is 1. The quantitative estimate of drug-likeness (QED) is 0.914. The van der Waals surface area contributed by atoms with E-state index in [1.165, 1.54) is 13.8 Å². The van der Waals surface area contributed by atoms with Crippen LogP contribution in [0, 0.1) is 13.8 Å². The zero-order chi connectivity index (χ0) is 16.5. The minimum absolute atomic E-state index is 0.0734. The molecule has 0 bridgehead atoms. The molecule has 7 heteroatoms. The van der Waals surface area contributed by atoms with E-state index in [4.69, 9.17) is 4.42 Å². The molecule has 2 rings (SSSR count). The Bertz CT molecular complexity index is 793. The van der Waals surface area contributed by atoms with Crippen LogP contribution in [-0.2, 0) is 10.0 Å². The molecule has 118 valence electrons. The van der Waals surface area contributed by atoms with E-state index in [9.17, 15) is 18.3 Å². The van der Waals surface area contributed by atoms with E-state index in [0.29, 0.717) is 5.69 Å². The third-order valence-electron chi connectivity index (χ3n) is 3.30. The summed E-state index contributed by atoms with van der Waals surface area (Å²) in [7, 11) is -4.03. The molecule has 0 atom stereocenters. The number of hydrogen-bond acceptors (Lipinski definition) is 4. The van der Waals surface area contributed by atoms with Crippen molar-refractivity contribution in [1.82, 2.24) is 0 Å². The van der Waals surface area contributed by atoms with Gasteiger partial charge in [-0.05, 0) is 32.9 Å². The molecule has 0 radical (unpaired) electrons. The Balaban J connectivity index is 2.67. The number of rotatable bonds is 5. The van der Waals surface area contributed by atoms with E-state index in [-0.39, 0.29) is 28.5 Å². The van der Waals surface area contributed by atoms with E-state index >= 15 is 0 Å². The molecule has 1 aromatic heterocycles. The van der Waals surface area contributed by atoms with Gasteiger partial charge in [0.15, 0.2) is 0 Å². The molecule has 0 saturated carbocycles. The molecule has 0 spiro atoms. The standard InChI is InChI=1S/C15H17NO5S/c1-4-16(12-8-6-5-7-9-12)22(19,20)14-11(3)21-10(2)13(14)15(17)18/h5-9H,4H2,1-3H3,(H,17,18). The predicted octanol–water partition coefficient (Wildman–Crippen LogP) is 2.81. The summed E-state index contributed by atoms with van der Waals surface area (Å²) in [4.78, 5) is 11.1. The van der Waals surface area contributed by atoms with E-state index in [2.05, 4.69) is 0 Å². The van der Waals surface area contributed by atoms with E-state index in [1.54, 1.807) is 37.3 Å². The molecule has 0 saturated heterocycles. The maximum absolute atomic E-state index is 12.9. The van der Waals surface area contributed by atoms with Crippen LogP contribution < -0.4 is 4.31 Å². The lowest BCUT2D eigenvalue weighted by Gasteiger charge is -2.22. The van der Waals surface area contributed by atoms with Crippen LogP contribution in [0.4, 0.5) is 5.69 Å². The number of sulfonamides is 1. The number of furan rings is 1. The smallest absolute Gasteiger partial charge is 0.340 e. The number of hydrogen-bond donors (Lipinski definition) is 1. The monoisotopic (exact) mass is 323 g/mol. The Kier molecular flexibility index (Phi) is 4.27. The normalized spacial score (nSPS) is 11.4. The van der Waals surface area contributed by atoms with Crippen LogP contribution in [0.15, 0.2) is 39.6 Å². The molecule has 0 aliphatic carbocycles. The van der Waals surface area contributed by atoms with E-state index in [1.807, 2.05) is 0 Å². The topological polar surface area (TPSA) is 87.8 Å². The highest BCUT2D eigenvalue weighted by atomic mass is 32.2. The maximum Gasteiger partial charge on any atom is 0.340 e. The van der Waals surface area contributed by atoms with Gasteiger partial charge in [0.25, 0.3) is 10.0 Å². The average molecular weight is 323 g/mol. The third-order valence-corrected chi connectivity index (χ3v) is 5.36. The maximum atomic E-state index is 12.9. The number of nitrogens with zero attached hydrogens (tertiary/aromatic N) is 1. The van der Waals surface area contributed by atoms with Crippen molar-refractivity contribution in [2.75, 3.05) is 10.8 Å². The van der Waals surface area contributed by atoms with Crippen molar-refractivity contribution < 1.29 is 22.7 Å². The first-order valence-corrected chi connectivity index (χ1v) is 8.15. The first kappa shape index (κ1) is 16.1. The van der Waals surface area contributed by atoms with Crippen molar-refractivity contribution in [3.05, 3.63) is 47.4 Å². The van der Waals surface area contributed by atoms with Crippen molar-refractivity contribution in [2.24, 2.45) is 0 Å². The summed E-state index contributed by atoms with van der Waals surface area (Å²) >= 11 is 0. The summed E-state index contributed by atoms with van der Waals surface area (Å²) in [5.41, 5.74) is 0.159. The highest BCUT2D eigenvalue weighted by molar-refractivity contribution is 7.93. The number of carboxylic acids is 1. The molecule has 1 heterocycles. The van der Waals surface area contributed by atoms with Gasteiger partial charge < -0.3 is 9.52 Å².